The van der Waals surface area contributed by atoms with Crippen molar-refractivity contribution in [1.82, 2.24) is 0 Å². The molecule has 0 unspecified atom stereocenters. The number of benzene rings is 2. The molecule has 2 aromatic carbocycles. The maximum atomic E-state index is 12.6. The highest BCUT2D eigenvalue weighted by atomic mass is 32.2. The Balaban J connectivity index is 1.64. The van der Waals surface area contributed by atoms with Gasteiger partial charge in [0.25, 0.3) is 0 Å². The normalized spacial score (nSPS) is 14.0. The molecule has 144 valence electrons. The molecule has 0 aliphatic heterocycles. The molecule has 0 N–H and O–H groups in total. The van der Waals surface area contributed by atoms with Gasteiger partial charge < -0.3 is 9.15 Å². The molecule has 5 nitrogen and oxygen atoms in total. The molecule has 1 aliphatic rings. The lowest BCUT2D eigenvalue weighted by atomic mass is 10.0. The summed E-state index contributed by atoms with van der Waals surface area (Å²) < 4.78 is 23.0. The number of ether oxygens (including phenoxy) is 1. The van der Waals surface area contributed by atoms with Gasteiger partial charge in [-0.1, -0.05) is 19.1 Å². The van der Waals surface area contributed by atoms with Crippen molar-refractivity contribution in [3.8, 4) is 0 Å². The average molecular weight is 396 g/mol. The van der Waals surface area contributed by atoms with Gasteiger partial charge in [-0.25, -0.2) is 9.59 Å². The summed E-state index contributed by atoms with van der Waals surface area (Å²) in [6.45, 7) is 1.75. The second kappa shape index (κ2) is 7.72. The zero-order chi connectivity index (χ0) is 19.7. The molecule has 4 rings (SSSR count). The first-order valence-electron chi connectivity index (χ1n) is 9.30. The number of esters is 1. The standard InChI is InChI=1S/C22H20O5S/c1-2-28(25)20-9-4-3-8-17(20)22(24)26-13-16-12-21(23)27-19-11-15-7-5-6-14(15)10-18(16)19/h3-4,8-12H,2,5-7,13H2,1H3/t28-/m0/s1. The molecule has 0 amide bonds. The third-order valence-electron chi connectivity index (χ3n) is 5.02. The summed E-state index contributed by atoms with van der Waals surface area (Å²) in [6.07, 6.45) is 3.07. The van der Waals surface area contributed by atoms with Crippen LogP contribution < -0.4 is 5.63 Å². The fraction of sp³-hybridized carbons (Fsp3) is 0.273. The van der Waals surface area contributed by atoms with Crippen LogP contribution in [0.25, 0.3) is 11.0 Å². The summed E-state index contributed by atoms with van der Waals surface area (Å²) in [5.74, 6) is -0.139. The van der Waals surface area contributed by atoms with Crippen LogP contribution in [0.1, 0.15) is 40.4 Å². The summed E-state index contributed by atoms with van der Waals surface area (Å²) in [6, 6.07) is 12.1. The van der Waals surface area contributed by atoms with E-state index in [1.807, 2.05) is 12.1 Å². The Morgan fingerprint density at radius 1 is 1.14 bits per heavy atom. The molecule has 1 aliphatic carbocycles. The quantitative estimate of drug-likeness (QED) is 0.485. The molecule has 0 bridgehead atoms. The van der Waals surface area contributed by atoms with Crippen molar-refractivity contribution < 1.29 is 18.2 Å². The Morgan fingerprint density at radius 2 is 1.89 bits per heavy atom. The molecule has 1 heterocycles. The molecule has 0 saturated carbocycles. The first-order valence-corrected chi connectivity index (χ1v) is 10.6. The Bertz CT molecular complexity index is 1150. The average Bonchev–Trinajstić information content (AvgIpc) is 3.17. The van der Waals surface area contributed by atoms with E-state index in [2.05, 4.69) is 0 Å². The molecule has 0 fully saturated rings. The van der Waals surface area contributed by atoms with Gasteiger partial charge in [-0.05, 0) is 54.7 Å². The van der Waals surface area contributed by atoms with E-state index in [0.29, 0.717) is 21.8 Å². The third kappa shape index (κ3) is 3.52. The molecule has 0 saturated heterocycles. The van der Waals surface area contributed by atoms with Crippen LogP contribution in [0, 0.1) is 0 Å². The molecular weight excluding hydrogens is 376 g/mol. The number of hydrogen-bond donors (Lipinski definition) is 0. The number of aryl methyl sites for hydroxylation is 2. The van der Waals surface area contributed by atoms with Crippen molar-refractivity contribution in [2.45, 2.75) is 37.7 Å². The number of hydrogen-bond acceptors (Lipinski definition) is 5. The summed E-state index contributed by atoms with van der Waals surface area (Å²) in [7, 11) is -1.26. The molecule has 28 heavy (non-hydrogen) atoms. The Kier molecular flexibility index (Phi) is 5.13. The SMILES string of the molecule is CC[S@](=O)c1ccccc1C(=O)OCc1cc(=O)oc2cc3c(cc12)CCC3. The lowest BCUT2D eigenvalue weighted by molar-refractivity contribution is 0.0469. The summed E-state index contributed by atoms with van der Waals surface area (Å²) in [5, 5.41) is 0.790. The molecule has 1 aromatic heterocycles. The van der Waals surface area contributed by atoms with Gasteiger partial charge in [-0.2, -0.15) is 0 Å². The van der Waals surface area contributed by atoms with Crippen molar-refractivity contribution in [3.05, 3.63) is 75.1 Å². The molecule has 0 radical (unpaired) electrons. The van der Waals surface area contributed by atoms with Crippen LogP contribution in [-0.2, 0) is 35.0 Å². The predicted molar refractivity (Wildman–Crippen MR) is 107 cm³/mol. The van der Waals surface area contributed by atoms with E-state index in [9.17, 15) is 13.8 Å². The lowest BCUT2D eigenvalue weighted by Crippen LogP contribution is -2.11. The molecule has 1 atom stereocenters. The van der Waals surface area contributed by atoms with E-state index < -0.39 is 22.4 Å². The van der Waals surface area contributed by atoms with Crippen LogP contribution in [0.3, 0.4) is 0 Å². The molecule has 3 aromatic rings. The van der Waals surface area contributed by atoms with Gasteiger partial charge in [-0.15, -0.1) is 0 Å². The molecular formula is C22H20O5S. The smallest absolute Gasteiger partial charge is 0.339 e. The van der Waals surface area contributed by atoms with Gasteiger partial charge in [0.15, 0.2) is 0 Å². The van der Waals surface area contributed by atoms with Crippen LogP contribution in [0.5, 0.6) is 0 Å². The number of carbonyl (C=O) groups excluding carboxylic acids is 1. The zero-order valence-electron chi connectivity index (χ0n) is 15.5. The van der Waals surface area contributed by atoms with E-state index in [-0.39, 0.29) is 12.2 Å². The monoisotopic (exact) mass is 396 g/mol. The molecule has 0 spiro atoms. The number of carbonyl (C=O) groups is 1. The van der Waals surface area contributed by atoms with Crippen molar-refractivity contribution in [1.29, 1.82) is 0 Å². The minimum atomic E-state index is -1.26. The predicted octanol–water partition coefficient (Wildman–Crippen LogP) is 3.77. The van der Waals surface area contributed by atoms with Gasteiger partial charge in [0.05, 0.1) is 21.3 Å². The Labute approximate surface area is 164 Å². The fourth-order valence-corrected chi connectivity index (χ4v) is 4.56. The van der Waals surface area contributed by atoms with Gasteiger partial charge in [-0.3, -0.25) is 4.21 Å². The summed E-state index contributed by atoms with van der Waals surface area (Å²) >= 11 is 0. The zero-order valence-corrected chi connectivity index (χ0v) is 16.3. The minimum Gasteiger partial charge on any atom is -0.457 e. The van der Waals surface area contributed by atoms with Crippen molar-refractivity contribution in [2.75, 3.05) is 5.75 Å². The molecule has 6 heteroatoms. The first-order chi connectivity index (χ1) is 13.6. The van der Waals surface area contributed by atoms with Crippen molar-refractivity contribution in [3.63, 3.8) is 0 Å². The second-order valence-electron chi connectivity index (χ2n) is 6.77. The fourth-order valence-electron chi connectivity index (χ4n) is 3.62. The van der Waals surface area contributed by atoms with Crippen LogP contribution in [0.2, 0.25) is 0 Å². The van der Waals surface area contributed by atoms with Gasteiger partial charge in [0.1, 0.15) is 12.2 Å². The Morgan fingerprint density at radius 3 is 2.68 bits per heavy atom. The van der Waals surface area contributed by atoms with E-state index in [1.54, 1.807) is 31.2 Å². The van der Waals surface area contributed by atoms with Gasteiger partial charge in [0.2, 0.25) is 0 Å². The highest BCUT2D eigenvalue weighted by molar-refractivity contribution is 7.85. The third-order valence-corrected chi connectivity index (χ3v) is 6.39. The van der Waals surface area contributed by atoms with E-state index in [1.165, 1.54) is 17.2 Å². The van der Waals surface area contributed by atoms with E-state index >= 15 is 0 Å². The maximum absolute atomic E-state index is 12.6. The van der Waals surface area contributed by atoms with E-state index in [0.717, 1.165) is 24.6 Å². The topological polar surface area (TPSA) is 73.6 Å². The largest absolute Gasteiger partial charge is 0.457 e. The van der Waals surface area contributed by atoms with E-state index in [4.69, 9.17) is 9.15 Å². The Hall–Kier alpha value is -2.73. The number of rotatable bonds is 5. The minimum absolute atomic E-state index is 0.0488. The van der Waals surface area contributed by atoms with Crippen LogP contribution >= 0.6 is 0 Å². The van der Waals surface area contributed by atoms with Crippen molar-refractivity contribution in [2.24, 2.45) is 0 Å². The lowest BCUT2D eigenvalue weighted by Gasteiger charge is -2.11. The van der Waals surface area contributed by atoms with Crippen molar-refractivity contribution >= 4 is 27.7 Å². The summed E-state index contributed by atoms with van der Waals surface area (Å²) in [4.78, 5) is 25.0. The first kappa shape index (κ1) is 18.6. The van der Waals surface area contributed by atoms with Crippen LogP contribution in [0.4, 0.5) is 0 Å². The number of fused-ring (bicyclic) bond motifs is 2. The van der Waals surface area contributed by atoms with Gasteiger partial charge in [0, 0.05) is 22.8 Å². The summed E-state index contributed by atoms with van der Waals surface area (Å²) in [5.41, 5.74) is 3.41. The van der Waals surface area contributed by atoms with Crippen LogP contribution in [-0.4, -0.2) is 15.9 Å². The van der Waals surface area contributed by atoms with Gasteiger partial charge >= 0.3 is 11.6 Å². The highest BCUT2D eigenvalue weighted by Crippen LogP contribution is 2.29. The second-order valence-corrected chi connectivity index (χ2v) is 8.48. The highest BCUT2D eigenvalue weighted by Gasteiger charge is 2.18. The van der Waals surface area contributed by atoms with Crippen LogP contribution in [0.15, 0.2) is 56.6 Å². The maximum Gasteiger partial charge on any atom is 0.339 e.